The van der Waals surface area contributed by atoms with Gasteiger partial charge in [0.05, 0.1) is 0 Å². The Balaban J connectivity index is 0.00000196. The van der Waals surface area contributed by atoms with Crippen molar-refractivity contribution in [2.75, 3.05) is 6.54 Å². The number of hydrogen-bond donors (Lipinski definition) is 2. The average molecular weight is 241 g/mol. The van der Waals surface area contributed by atoms with Crippen molar-refractivity contribution in [1.29, 1.82) is 0 Å². The Morgan fingerprint density at radius 1 is 1.20 bits per heavy atom. The summed E-state index contributed by atoms with van der Waals surface area (Å²) < 4.78 is 38.5. The van der Waals surface area contributed by atoms with Crippen LogP contribution in [-0.2, 0) is 0 Å². The van der Waals surface area contributed by atoms with Crippen LogP contribution >= 0.6 is 12.4 Å². The predicted octanol–water partition coefficient (Wildman–Crippen LogP) is 1.87. The predicted molar refractivity (Wildman–Crippen MR) is 54.2 cm³/mol. The van der Waals surface area contributed by atoms with E-state index in [0.717, 1.165) is 6.07 Å². The zero-order valence-electron chi connectivity index (χ0n) is 7.84. The van der Waals surface area contributed by atoms with E-state index >= 15 is 0 Å². The molecule has 0 aliphatic heterocycles. The first-order chi connectivity index (χ1) is 6.56. The molecule has 0 spiro atoms. The largest absolute Gasteiger partial charge is 0.330 e. The summed E-state index contributed by atoms with van der Waals surface area (Å²) in [5.41, 5.74) is 10.5. The summed E-state index contributed by atoms with van der Waals surface area (Å²) in [6.07, 6.45) is 0.278. The molecule has 0 bridgehead atoms. The van der Waals surface area contributed by atoms with E-state index < -0.39 is 23.5 Å². The van der Waals surface area contributed by atoms with Gasteiger partial charge < -0.3 is 11.5 Å². The molecule has 0 heterocycles. The first-order valence-corrected chi connectivity index (χ1v) is 4.16. The first-order valence-electron chi connectivity index (χ1n) is 4.16. The highest BCUT2D eigenvalue weighted by Gasteiger charge is 2.16. The van der Waals surface area contributed by atoms with Crippen molar-refractivity contribution in [3.8, 4) is 0 Å². The summed E-state index contributed by atoms with van der Waals surface area (Å²) in [7, 11) is 0. The van der Waals surface area contributed by atoms with Crippen LogP contribution in [0.1, 0.15) is 18.0 Å². The maximum absolute atomic E-state index is 13.1. The van der Waals surface area contributed by atoms with Crippen molar-refractivity contribution >= 4 is 12.4 Å². The summed E-state index contributed by atoms with van der Waals surface area (Å²) in [6.45, 7) is 0.235. The van der Waals surface area contributed by atoms with Crippen LogP contribution in [0.3, 0.4) is 0 Å². The molecule has 1 aromatic carbocycles. The number of rotatable bonds is 3. The molecule has 0 aliphatic rings. The topological polar surface area (TPSA) is 52.0 Å². The second-order valence-electron chi connectivity index (χ2n) is 2.97. The summed E-state index contributed by atoms with van der Waals surface area (Å²) in [5.74, 6) is -3.17. The molecular formula is C9H12ClF3N2. The Labute approximate surface area is 91.9 Å². The second-order valence-corrected chi connectivity index (χ2v) is 2.97. The van der Waals surface area contributed by atoms with Crippen molar-refractivity contribution in [3.63, 3.8) is 0 Å². The monoisotopic (exact) mass is 240 g/mol. The zero-order valence-corrected chi connectivity index (χ0v) is 8.66. The van der Waals surface area contributed by atoms with E-state index in [2.05, 4.69) is 0 Å². The van der Waals surface area contributed by atoms with Gasteiger partial charge in [-0.3, -0.25) is 0 Å². The fourth-order valence-electron chi connectivity index (χ4n) is 1.18. The van der Waals surface area contributed by atoms with E-state index in [1.807, 2.05) is 0 Å². The molecule has 0 unspecified atom stereocenters. The van der Waals surface area contributed by atoms with Gasteiger partial charge in [0.1, 0.15) is 5.82 Å². The lowest BCUT2D eigenvalue weighted by atomic mass is 10.0. The van der Waals surface area contributed by atoms with Crippen LogP contribution in [0.25, 0.3) is 0 Å². The normalized spacial score (nSPS) is 12.1. The molecule has 1 aromatic rings. The Hall–Kier alpha value is -0.780. The highest BCUT2D eigenvalue weighted by atomic mass is 35.5. The Morgan fingerprint density at radius 3 is 2.33 bits per heavy atom. The number of benzene rings is 1. The molecule has 0 aliphatic carbocycles. The van der Waals surface area contributed by atoms with E-state index in [-0.39, 0.29) is 30.9 Å². The van der Waals surface area contributed by atoms with E-state index in [4.69, 9.17) is 11.5 Å². The maximum atomic E-state index is 13.1. The molecule has 0 aromatic heterocycles. The molecule has 86 valence electrons. The van der Waals surface area contributed by atoms with Crippen LogP contribution in [-0.4, -0.2) is 6.54 Å². The van der Waals surface area contributed by atoms with Crippen LogP contribution in [0.15, 0.2) is 12.1 Å². The lowest BCUT2D eigenvalue weighted by Gasteiger charge is -2.11. The second kappa shape index (κ2) is 5.95. The molecule has 0 saturated heterocycles. The molecule has 1 rings (SSSR count). The van der Waals surface area contributed by atoms with Gasteiger partial charge in [0, 0.05) is 17.7 Å². The zero-order chi connectivity index (χ0) is 10.7. The van der Waals surface area contributed by atoms with Gasteiger partial charge in [-0.1, -0.05) is 0 Å². The molecule has 15 heavy (non-hydrogen) atoms. The summed E-state index contributed by atoms with van der Waals surface area (Å²) >= 11 is 0. The van der Waals surface area contributed by atoms with Crippen molar-refractivity contribution in [2.45, 2.75) is 12.5 Å². The molecule has 0 radical (unpaired) electrons. The van der Waals surface area contributed by atoms with E-state index in [0.29, 0.717) is 6.07 Å². The van der Waals surface area contributed by atoms with Gasteiger partial charge in [0.15, 0.2) is 11.6 Å². The number of halogens is 4. The minimum Gasteiger partial charge on any atom is -0.330 e. The third kappa shape index (κ3) is 3.37. The van der Waals surface area contributed by atoms with Gasteiger partial charge in [-0.2, -0.15) is 0 Å². The molecule has 4 N–H and O–H groups in total. The lowest BCUT2D eigenvalue weighted by molar-refractivity contribution is 0.471. The van der Waals surface area contributed by atoms with Crippen LogP contribution in [0, 0.1) is 17.5 Å². The molecule has 0 fully saturated rings. The smallest absolute Gasteiger partial charge is 0.163 e. The quantitative estimate of drug-likeness (QED) is 0.793. The fraction of sp³-hybridized carbons (Fsp3) is 0.333. The van der Waals surface area contributed by atoms with E-state index in [1.54, 1.807) is 0 Å². The number of hydrogen-bond acceptors (Lipinski definition) is 2. The van der Waals surface area contributed by atoms with E-state index in [9.17, 15) is 13.2 Å². The molecule has 0 amide bonds. The van der Waals surface area contributed by atoms with E-state index in [1.165, 1.54) is 0 Å². The highest BCUT2D eigenvalue weighted by molar-refractivity contribution is 5.85. The molecule has 0 saturated carbocycles. The SMILES string of the molecule is Cl.NCC[C@@H](N)c1cc(F)cc(F)c1F. The molecular weight excluding hydrogens is 229 g/mol. The number of nitrogens with two attached hydrogens (primary N) is 2. The van der Waals surface area contributed by atoms with Crippen molar-refractivity contribution in [3.05, 3.63) is 35.1 Å². The highest BCUT2D eigenvalue weighted by Crippen LogP contribution is 2.21. The van der Waals surface area contributed by atoms with Gasteiger partial charge in [-0.25, -0.2) is 13.2 Å². The standard InChI is InChI=1S/C9H11F3N2.ClH/c10-5-3-6(8(14)1-2-13)9(12)7(11)4-5;/h3-4,8H,1-2,13-14H2;1H/t8-;/m1./s1. The molecule has 6 heteroatoms. The van der Waals surface area contributed by atoms with Crippen LogP contribution in [0.2, 0.25) is 0 Å². The first kappa shape index (κ1) is 14.2. The Morgan fingerprint density at radius 2 is 1.80 bits per heavy atom. The Bertz CT molecular complexity index is 333. The third-order valence-corrected chi connectivity index (χ3v) is 1.90. The minimum absolute atomic E-state index is 0. The summed E-state index contributed by atoms with van der Waals surface area (Å²) in [5, 5.41) is 0. The minimum atomic E-state index is -1.23. The van der Waals surface area contributed by atoms with Gasteiger partial charge in [-0.05, 0) is 19.0 Å². The Kier molecular flexibility index (Phi) is 5.64. The molecule has 1 atom stereocenters. The van der Waals surface area contributed by atoms with Gasteiger partial charge in [0.2, 0.25) is 0 Å². The van der Waals surface area contributed by atoms with Gasteiger partial charge >= 0.3 is 0 Å². The summed E-state index contributed by atoms with van der Waals surface area (Å²) in [6, 6.07) is 0.595. The van der Waals surface area contributed by atoms with Crippen LogP contribution in [0.4, 0.5) is 13.2 Å². The fourth-order valence-corrected chi connectivity index (χ4v) is 1.18. The third-order valence-electron chi connectivity index (χ3n) is 1.90. The van der Waals surface area contributed by atoms with Gasteiger partial charge in [-0.15, -0.1) is 12.4 Å². The van der Waals surface area contributed by atoms with Crippen LogP contribution < -0.4 is 11.5 Å². The van der Waals surface area contributed by atoms with Crippen LogP contribution in [0.5, 0.6) is 0 Å². The maximum Gasteiger partial charge on any atom is 0.163 e. The van der Waals surface area contributed by atoms with Gasteiger partial charge in [0.25, 0.3) is 0 Å². The summed E-state index contributed by atoms with van der Waals surface area (Å²) in [4.78, 5) is 0. The molecule has 2 nitrogen and oxygen atoms in total. The van der Waals surface area contributed by atoms with Crippen molar-refractivity contribution < 1.29 is 13.2 Å². The van der Waals surface area contributed by atoms with Crippen molar-refractivity contribution in [2.24, 2.45) is 11.5 Å². The average Bonchev–Trinajstić information content (AvgIpc) is 2.11. The van der Waals surface area contributed by atoms with Crippen molar-refractivity contribution in [1.82, 2.24) is 0 Å². The lowest BCUT2D eigenvalue weighted by Crippen LogP contribution is -2.17.